The van der Waals surface area contributed by atoms with E-state index < -0.39 is 11.4 Å². The molecule has 1 N–H and O–H groups in total. The maximum Gasteiger partial charge on any atom is 0.225 e. The first kappa shape index (κ1) is 15.2. The Balaban J connectivity index is 1.87. The maximum atomic E-state index is 11.0. The first-order valence-electron chi connectivity index (χ1n) is 6.43. The first-order valence-corrected chi connectivity index (χ1v) is 7.75. The van der Waals surface area contributed by atoms with E-state index >= 15 is 0 Å². The van der Waals surface area contributed by atoms with Gasteiger partial charge in [0.05, 0.1) is 24.6 Å². The van der Waals surface area contributed by atoms with Crippen molar-refractivity contribution in [2.75, 3.05) is 32.8 Å². The summed E-state index contributed by atoms with van der Waals surface area (Å²) in [6.07, 6.45) is 5.27. The second kappa shape index (κ2) is 9.16. The van der Waals surface area contributed by atoms with Crippen LogP contribution in [0, 0.1) is 11.8 Å². The van der Waals surface area contributed by atoms with Crippen molar-refractivity contribution in [1.29, 1.82) is 0 Å². The molecule has 0 aromatic heterocycles. The largest absolute Gasteiger partial charge is 0.596 e. The number of rotatable bonds is 8. The molecule has 1 aliphatic carbocycles. The summed E-state index contributed by atoms with van der Waals surface area (Å²) in [4.78, 5) is 0. The average Bonchev–Trinajstić information content (AvgIpc) is 2.35. The Bertz CT molecular complexity index is 187. The molecule has 4 nitrogen and oxygen atoms in total. The van der Waals surface area contributed by atoms with Gasteiger partial charge in [-0.15, -0.1) is 4.72 Å². The zero-order chi connectivity index (χ0) is 12.5. The smallest absolute Gasteiger partial charge is 0.225 e. The van der Waals surface area contributed by atoms with E-state index in [1.165, 1.54) is 25.7 Å². The zero-order valence-electron chi connectivity index (χ0n) is 10.9. The first-order chi connectivity index (χ1) is 8.22. The van der Waals surface area contributed by atoms with Crippen molar-refractivity contribution in [3.63, 3.8) is 0 Å². The van der Waals surface area contributed by atoms with E-state index in [2.05, 4.69) is 11.6 Å². The van der Waals surface area contributed by atoms with Gasteiger partial charge in [0.25, 0.3) is 0 Å². The predicted octanol–water partition coefficient (Wildman–Crippen LogP) is 1.69. The van der Waals surface area contributed by atoms with E-state index in [1.807, 2.05) is 0 Å². The van der Waals surface area contributed by atoms with Gasteiger partial charge in [0, 0.05) is 13.7 Å². The lowest BCUT2D eigenvalue weighted by Crippen LogP contribution is -2.24. The van der Waals surface area contributed by atoms with Gasteiger partial charge in [-0.25, -0.2) is 0 Å². The van der Waals surface area contributed by atoms with Crippen molar-refractivity contribution in [2.24, 2.45) is 11.8 Å². The maximum absolute atomic E-state index is 11.0. The van der Waals surface area contributed by atoms with Crippen LogP contribution in [-0.4, -0.2) is 37.4 Å². The van der Waals surface area contributed by atoms with Gasteiger partial charge >= 0.3 is 0 Å². The molecule has 1 unspecified atom stereocenters. The number of hydrogen-bond acceptors (Lipinski definition) is 4. The molecule has 0 heterocycles. The Morgan fingerprint density at radius 3 is 2.47 bits per heavy atom. The van der Waals surface area contributed by atoms with Crippen molar-refractivity contribution in [3.8, 4) is 0 Å². The van der Waals surface area contributed by atoms with Crippen LogP contribution in [0.15, 0.2) is 0 Å². The van der Waals surface area contributed by atoms with E-state index in [0.29, 0.717) is 13.2 Å². The molecule has 0 spiro atoms. The molecule has 1 saturated carbocycles. The second-order valence-electron chi connectivity index (χ2n) is 4.78. The minimum absolute atomic E-state index is 0.237. The van der Waals surface area contributed by atoms with Crippen LogP contribution >= 0.6 is 0 Å². The van der Waals surface area contributed by atoms with E-state index in [0.717, 1.165) is 18.4 Å². The molecule has 1 aliphatic rings. The van der Waals surface area contributed by atoms with Crippen LogP contribution in [0.25, 0.3) is 0 Å². The molecule has 102 valence electrons. The lowest BCUT2D eigenvalue weighted by atomic mass is 9.83. The van der Waals surface area contributed by atoms with E-state index in [4.69, 9.17) is 9.47 Å². The van der Waals surface area contributed by atoms with Gasteiger partial charge in [-0.05, 0) is 24.7 Å². The summed E-state index contributed by atoms with van der Waals surface area (Å²) >= 11 is -1.07. The highest BCUT2D eigenvalue weighted by molar-refractivity contribution is 7.89. The molecular weight excluding hydrogens is 238 g/mol. The molecule has 0 amide bonds. The molecule has 17 heavy (non-hydrogen) atoms. The van der Waals surface area contributed by atoms with Gasteiger partial charge in [-0.1, -0.05) is 19.8 Å². The highest BCUT2D eigenvalue weighted by Gasteiger charge is 2.17. The summed E-state index contributed by atoms with van der Waals surface area (Å²) < 4.78 is 24.4. The molecule has 0 aromatic rings. The molecule has 0 aromatic carbocycles. The van der Waals surface area contributed by atoms with Crippen LogP contribution in [0.4, 0.5) is 0 Å². The lowest BCUT2D eigenvalue weighted by Gasteiger charge is -2.25. The standard InChI is InChI=1S/C12H25NO3S/c1-11-3-5-12(6-4-11)9-15-7-8-16-10-17(14)13-2/h11-13H,3-10H2,1-2H3. The minimum Gasteiger partial charge on any atom is -0.596 e. The Kier molecular flexibility index (Phi) is 8.22. The monoisotopic (exact) mass is 263 g/mol. The Morgan fingerprint density at radius 2 is 1.82 bits per heavy atom. The van der Waals surface area contributed by atoms with E-state index in [9.17, 15) is 4.55 Å². The number of ether oxygens (including phenoxy) is 2. The van der Waals surface area contributed by atoms with Crippen LogP contribution < -0.4 is 4.72 Å². The SMILES string of the molecule is CN[S+]([O-])COCCOCC1CCC(C)CC1. The molecule has 0 saturated heterocycles. The van der Waals surface area contributed by atoms with Crippen molar-refractivity contribution in [2.45, 2.75) is 32.6 Å². The fraction of sp³-hybridized carbons (Fsp3) is 1.00. The fourth-order valence-corrected chi connectivity index (χ4v) is 2.44. The molecule has 5 heteroatoms. The summed E-state index contributed by atoms with van der Waals surface area (Å²) in [5, 5.41) is 0. The van der Waals surface area contributed by atoms with E-state index in [1.54, 1.807) is 7.05 Å². The summed E-state index contributed by atoms with van der Waals surface area (Å²) in [5.41, 5.74) is 0. The second-order valence-corrected chi connectivity index (χ2v) is 6.11. The molecule has 0 bridgehead atoms. The normalized spacial score (nSPS) is 27.0. The van der Waals surface area contributed by atoms with Crippen molar-refractivity contribution in [1.82, 2.24) is 4.72 Å². The third-order valence-corrected chi connectivity index (χ3v) is 4.12. The topological polar surface area (TPSA) is 53.5 Å². The fourth-order valence-electron chi connectivity index (χ4n) is 2.06. The van der Waals surface area contributed by atoms with Crippen LogP contribution in [0.2, 0.25) is 0 Å². The summed E-state index contributed by atoms with van der Waals surface area (Å²) in [6, 6.07) is 0. The minimum atomic E-state index is -1.07. The van der Waals surface area contributed by atoms with Gasteiger partial charge < -0.3 is 14.0 Å². The van der Waals surface area contributed by atoms with Crippen LogP contribution in [0.3, 0.4) is 0 Å². The quantitative estimate of drug-likeness (QED) is 0.535. The highest BCUT2D eigenvalue weighted by Crippen LogP contribution is 2.28. The van der Waals surface area contributed by atoms with Gasteiger partial charge in [0.15, 0.2) is 0 Å². The zero-order valence-corrected chi connectivity index (χ0v) is 11.8. The van der Waals surface area contributed by atoms with Crippen LogP contribution in [-0.2, 0) is 20.8 Å². The van der Waals surface area contributed by atoms with Crippen molar-refractivity contribution in [3.05, 3.63) is 0 Å². The Hall–Kier alpha value is 0.190. The molecular formula is C12H25NO3S. The van der Waals surface area contributed by atoms with Gasteiger partial charge in [-0.2, -0.15) is 0 Å². The Labute approximate surface area is 108 Å². The van der Waals surface area contributed by atoms with Gasteiger partial charge in [0.2, 0.25) is 5.94 Å². The number of hydrogen-bond donors (Lipinski definition) is 1. The van der Waals surface area contributed by atoms with Crippen molar-refractivity contribution >= 4 is 11.4 Å². The average molecular weight is 263 g/mol. The third kappa shape index (κ3) is 7.26. The molecule has 1 atom stereocenters. The Morgan fingerprint density at radius 1 is 1.18 bits per heavy atom. The lowest BCUT2D eigenvalue weighted by molar-refractivity contribution is 0.0362. The predicted molar refractivity (Wildman–Crippen MR) is 70.0 cm³/mol. The van der Waals surface area contributed by atoms with Crippen molar-refractivity contribution < 1.29 is 14.0 Å². The summed E-state index contributed by atoms with van der Waals surface area (Å²) in [7, 11) is 1.65. The molecule has 0 aliphatic heterocycles. The highest BCUT2D eigenvalue weighted by atomic mass is 32.2. The molecule has 1 fully saturated rings. The third-order valence-electron chi connectivity index (χ3n) is 3.28. The van der Waals surface area contributed by atoms with Gasteiger partial charge in [0.1, 0.15) is 0 Å². The molecule has 0 radical (unpaired) electrons. The van der Waals surface area contributed by atoms with Crippen LogP contribution in [0.5, 0.6) is 0 Å². The van der Waals surface area contributed by atoms with Crippen LogP contribution in [0.1, 0.15) is 32.6 Å². The summed E-state index contributed by atoms with van der Waals surface area (Å²) in [5.74, 6) is 1.87. The van der Waals surface area contributed by atoms with Gasteiger partial charge in [-0.3, -0.25) is 0 Å². The van der Waals surface area contributed by atoms with E-state index in [-0.39, 0.29) is 5.94 Å². The molecule has 1 rings (SSSR count). The summed E-state index contributed by atoms with van der Waals surface area (Å²) in [6.45, 7) is 4.31. The number of nitrogens with one attached hydrogen (secondary N) is 1.